The maximum Gasteiger partial charge on any atom is 0.234 e. The number of rotatable bonds is 4. The highest BCUT2D eigenvalue weighted by atomic mass is 16.2. The van der Waals surface area contributed by atoms with Crippen LogP contribution < -0.4 is 11.1 Å². The van der Waals surface area contributed by atoms with Gasteiger partial charge in [0.25, 0.3) is 0 Å². The van der Waals surface area contributed by atoms with Crippen LogP contribution in [0.15, 0.2) is 0 Å². The van der Waals surface area contributed by atoms with Crippen LogP contribution in [0.1, 0.15) is 34.1 Å². The Labute approximate surface area is 105 Å². The van der Waals surface area contributed by atoms with Crippen molar-refractivity contribution in [3.63, 3.8) is 0 Å². The molecule has 1 heterocycles. The molecule has 4 nitrogen and oxygen atoms in total. The smallest absolute Gasteiger partial charge is 0.234 e. The highest BCUT2D eigenvalue weighted by molar-refractivity contribution is 5.78. The van der Waals surface area contributed by atoms with Crippen molar-refractivity contribution in [3.8, 4) is 0 Å². The Morgan fingerprint density at radius 1 is 1.47 bits per heavy atom. The van der Waals surface area contributed by atoms with E-state index in [0.29, 0.717) is 24.4 Å². The lowest BCUT2D eigenvalue weighted by molar-refractivity contribution is -0.123. The zero-order chi connectivity index (χ0) is 13.0. The van der Waals surface area contributed by atoms with Gasteiger partial charge in [0.05, 0.1) is 6.54 Å². The van der Waals surface area contributed by atoms with Crippen LogP contribution in [0.2, 0.25) is 0 Å². The van der Waals surface area contributed by atoms with E-state index in [4.69, 9.17) is 5.73 Å². The van der Waals surface area contributed by atoms with Crippen molar-refractivity contribution in [3.05, 3.63) is 0 Å². The van der Waals surface area contributed by atoms with E-state index in [0.717, 1.165) is 19.5 Å². The molecule has 1 rings (SSSR count). The van der Waals surface area contributed by atoms with Crippen molar-refractivity contribution in [1.82, 2.24) is 10.2 Å². The number of amides is 1. The first-order chi connectivity index (χ1) is 7.90. The van der Waals surface area contributed by atoms with Gasteiger partial charge in [-0.15, -0.1) is 0 Å². The SMILES string of the molecule is CC(C)C(C)NC(=O)CN1CCC(N)C(C)C1. The summed E-state index contributed by atoms with van der Waals surface area (Å²) in [6, 6.07) is 0.538. The monoisotopic (exact) mass is 241 g/mol. The van der Waals surface area contributed by atoms with E-state index < -0.39 is 0 Å². The summed E-state index contributed by atoms with van der Waals surface area (Å²) in [5.74, 6) is 1.10. The van der Waals surface area contributed by atoms with Crippen molar-refractivity contribution >= 4 is 5.91 Å². The van der Waals surface area contributed by atoms with Crippen LogP contribution in [0.4, 0.5) is 0 Å². The summed E-state index contributed by atoms with van der Waals surface area (Å²) >= 11 is 0. The molecule has 3 unspecified atom stereocenters. The van der Waals surface area contributed by atoms with Crippen LogP contribution in [-0.2, 0) is 4.79 Å². The highest BCUT2D eigenvalue weighted by Crippen LogP contribution is 2.14. The van der Waals surface area contributed by atoms with Gasteiger partial charge < -0.3 is 11.1 Å². The number of likely N-dealkylation sites (tertiary alicyclic amines) is 1. The first-order valence-electron chi connectivity index (χ1n) is 6.67. The van der Waals surface area contributed by atoms with Gasteiger partial charge in [-0.25, -0.2) is 0 Å². The van der Waals surface area contributed by atoms with Gasteiger partial charge in [-0.05, 0) is 25.2 Å². The molecule has 100 valence electrons. The molecular formula is C13H27N3O. The summed E-state index contributed by atoms with van der Waals surface area (Å²) < 4.78 is 0. The predicted molar refractivity (Wildman–Crippen MR) is 70.6 cm³/mol. The molecule has 1 fully saturated rings. The molecule has 0 aromatic heterocycles. The van der Waals surface area contributed by atoms with Gasteiger partial charge in [0, 0.05) is 25.2 Å². The van der Waals surface area contributed by atoms with E-state index in [-0.39, 0.29) is 11.9 Å². The van der Waals surface area contributed by atoms with E-state index >= 15 is 0 Å². The van der Waals surface area contributed by atoms with Crippen molar-refractivity contribution in [2.24, 2.45) is 17.6 Å². The second-order valence-corrected chi connectivity index (χ2v) is 5.77. The molecule has 0 radical (unpaired) electrons. The van der Waals surface area contributed by atoms with Gasteiger partial charge in [-0.2, -0.15) is 0 Å². The number of nitrogens with one attached hydrogen (secondary N) is 1. The minimum atomic E-state index is 0.133. The molecular weight excluding hydrogens is 214 g/mol. The molecule has 0 saturated carbocycles. The van der Waals surface area contributed by atoms with Gasteiger partial charge in [0.2, 0.25) is 5.91 Å². The largest absolute Gasteiger partial charge is 0.352 e. The number of hydrogen-bond acceptors (Lipinski definition) is 3. The van der Waals surface area contributed by atoms with Crippen LogP contribution in [0.5, 0.6) is 0 Å². The number of nitrogens with zero attached hydrogens (tertiary/aromatic N) is 1. The summed E-state index contributed by atoms with van der Waals surface area (Å²) in [7, 11) is 0. The number of carbonyl (C=O) groups is 1. The van der Waals surface area contributed by atoms with E-state index in [1.807, 2.05) is 0 Å². The van der Waals surface area contributed by atoms with E-state index in [1.165, 1.54) is 0 Å². The third-order valence-electron chi connectivity index (χ3n) is 3.81. The number of carbonyl (C=O) groups excluding carboxylic acids is 1. The van der Waals surface area contributed by atoms with Gasteiger partial charge in [-0.1, -0.05) is 20.8 Å². The molecule has 17 heavy (non-hydrogen) atoms. The number of nitrogens with two attached hydrogens (primary N) is 1. The zero-order valence-electron chi connectivity index (χ0n) is 11.6. The molecule has 1 aliphatic heterocycles. The maximum absolute atomic E-state index is 11.8. The highest BCUT2D eigenvalue weighted by Gasteiger charge is 2.24. The van der Waals surface area contributed by atoms with Crippen LogP contribution in [-0.4, -0.2) is 42.5 Å². The Morgan fingerprint density at radius 3 is 2.65 bits per heavy atom. The predicted octanol–water partition coefficient (Wildman–Crippen LogP) is 0.816. The summed E-state index contributed by atoms with van der Waals surface area (Å²) in [4.78, 5) is 14.0. The summed E-state index contributed by atoms with van der Waals surface area (Å²) in [5, 5.41) is 3.04. The third kappa shape index (κ3) is 4.64. The van der Waals surface area contributed by atoms with Crippen molar-refractivity contribution in [1.29, 1.82) is 0 Å². The summed E-state index contributed by atoms with van der Waals surface area (Å²) in [5.41, 5.74) is 5.96. The molecule has 1 amide bonds. The van der Waals surface area contributed by atoms with Gasteiger partial charge in [0.1, 0.15) is 0 Å². The molecule has 3 N–H and O–H groups in total. The van der Waals surface area contributed by atoms with Crippen LogP contribution >= 0.6 is 0 Å². The Balaban J connectivity index is 2.32. The second-order valence-electron chi connectivity index (χ2n) is 5.77. The minimum absolute atomic E-state index is 0.133. The first kappa shape index (κ1) is 14.5. The Hall–Kier alpha value is -0.610. The fourth-order valence-electron chi connectivity index (χ4n) is 2.06. The van der Waals surface area contributed by atoms with Crippen molar-refractivity contribution in [2.75, 3.05) is 19.6 Å². The lowest BCUT2D eigenvalue weighted by Gasteiger charge is -2.34. The van der Waals surface area contributed by atoms with Crippen LogP contribution in [0, 0.1) is 11.8 Å². The lowest BCUT2D eigenvalue weighted by Crippen LogP contribution is -2.50. The fourth-order valence-corrected chi connectivity index (χ4v) is 2.06. The first-order valence-corrected chi connectivity index (χ1v) is 6.67. The maximum atomic E-state index is 11.8. The number of piperidine rings is 1. The number of hydrogen-bond donors (Lipinski definition) is 2. The normalized spacial score (nSPS) is 28.1. The van der Waals surface area contributed by atoms with E-state index in [9.17, 15) is 4.79 Å². The quantitative estimate of drug-likeness (QED) is 0.766. The van der Waals surface area contributed by atoms with Gasteiger partial charge in [0.15, 0.2) is 0 Å². The molecule has 3 atom stereocenters. The second kappa shape index (κ2) is 6.36. The lowest BCUT2D eigenvalue weighted by atomic mass is 9.95. The molecule has 0 aromatic rings. The Bertz CT molecular complexity index is 255. The minimum Gasteiger partial charge on any atom is -0.352 e. The Kier molecular flexibility index (Phi) is 5.40. The summed E-state index contributed by atoms with van der Waals surface area (Å²) in [6.07, 6.45) is 0.994. The standard InChI is InChI=1S/C13H27N3O/c1-9(2)11(4)15-13(17)8-16-6-5-12(14)10(3)7-16/h9-12H,5-8,14H2,1-4H3,(H,15,17). The Morgan fingerprint density at radius 2 is 2.12 bits per heavy atom. The average Bonchev–Trinajstić information content (AvgIpc) is 2.23. The average molecular weight is 241 g/mol. The van der Waals surface area contributed by atoms with Crippen molar-refractivity contribution < 1.29 is 4.79 Å². The van der Waals surface area contributed by atoms with E-state index in [2.05, 4.69) is 37.9 Å². The van der Waals surface area contributed by atoms with Gasteiger partial charge >= 0.3 is 0 Å². The van der Waals surface area contributed by atoms with Crippen LogP contribution in [0.3, 0.4) is 0 Å². The van der Waals surface area contributed by atoms with Gasteiger partial charge in [-0.3, -0.25) is 9.69 Å². The molecule has 0 aromatic carbocycles. The molecule has 0 bridgehead atoms. The summed E-state index contributed by atoms with van der Waals surface area (Å²) in [6.45, 7) is 10.8. The third-order valence-corrected chi connectivity index (χ3v) is 3.81. The zero-order valence-corrected chi connectivity index (χ0v) is 11.6. The molecule has 4 heteroatoms. The topological polar surface area (TPSA) is 58.4 Å². The van der Waals surface area contributed by atoms with Crippen LogP contribution in [0.25, 0.3) is 0 Å². The molecule has 0 aliphatic carbocycles. The van der Waals surface area contributed by atoms with E-state index in [1.54, 1.807) is 0 Å². The van der Waals surface area contributed by atoms with Crippen molar-refractivity contribution in [2.45, 2.75) is 46.2 Å². The molecule has 1 aliphatic rings. The molecule has 1 saturated heterocycles. The molecule has 0 spiro atoms. The fraction of sp³-hybridized carbons (Fsp3) is 0.923.